The molecule has 4 heteroatoms. The van der Waals surface area contributed by atoms with Crippen molar-refractivity contribution in [1.29, 1.82) is 0 Å². The van der Waals surface area contributed by atoms with Crippen LogP contribution in [0, 0.1) is 11.7 Å². The number of anilines is 2. The standard InChI is InChI=1S/C17H22FN3/c1-13(2)11-19-12-15-10-17(7-8-20-15)21(3)16-6-4-5-14(18)9-16/h4-10,13,19H,11-12H2,1-3H3. The topological polar surface area (TPSA) is 28.2 Å². The molecule has 1 aromatic heterocycles. The summed E-state index contributed by atoms with van der Waals surface area (Å²) in [6, 6.07) is 10.5. The van der Waals surface area contributed by atoms with Crippen LogP contribution in [0.4, 0.5) is 15.8 Å². The van der Waals surface area contributed by atoms with Crippen molar-refractivity contribution in [2.45, 2.75) is 20.4 Å². The van der Waals surface area contributed by atoms with Crippen molar-refractivity contribution in [2.24, 2.45) is 5.92 Å². The van der Waals surface area contributed by atoms with Crippen LogP contribution in [0.15, 0.2) is 42.6 Å². The molecule has 3 nitrogen and oxygen atoms in total. The monoisotopic (exact) mass is 287 g/mol. The van der Waals surface area contributed by atoms with Crippen molar-refractivity contribution >= 4 is 11.4 Å². The summed E-state index contributed by atoms with van der Waals surface area (Å²) in [5.74, 6) is 0.385. The van der Waals surface area contributed by atoms with Crippen molar-refractivity contribution in [3.8, 4) is 0 Å². The van der Waals surface area contributed by atoms with Gasteiger partial charge in [0.2, 0.25) is 0 Å². The number of aromatic nitrogens is 1. The molecule has 2 aromatic rings. The van der Waals surface area contributed by atoms with Crippen LogP contribution in [0.1, 0.15) is 19.5 Å². The quantitative estimate of drug-likeness (QED) is 0.877. The number of nitrogens with zero attached hydrogens (tertiary/aromatic N) is 2. The van der Waals surface area contributed by atoms with Gasteiger partial charge in [0.1, 0.15) is 5.82 Å². The Labute approximate surface area is 125 Å². The van der Waals surface area contributed by atoms with Gasteiger partial charge in [0.25, 0.3) is 0 Å². The number of hydrogen-bond acceptors (Lipinski definition) is 3. The molecule has 0 aliphatic carbocycles. The van der Waals surface area contributed by atoms with E-state index in [1.807, 2.05) is 30.1 Å². The molecule has 0 radical (unpaired) electrons. The SMILES string of the molecule is CC(C)CNCc1cc(N(C)c2cccc(F)c2)ccn1. The molecule has 0 aliphatic heterocycles. The van der Waals surface area contributed by atoms with Crippen LogP contribution in [0.3, 0.4) is 0 Å². The highest BCUT2D eigenvalue weighted by Crippen LogP contribution is 2.24. The third-order valence-electron chi connectivity index (χ3n) is 3.24. The second-order valence-electron chi connectivity index (χ2n) is 5.57. The average Bonchev–Trinajstić information content (AvgIpc) is 2.46. The Morgan fingerprint density at radius 1 is 1.19 bits per heavy atom. The van der Waals surface area contributed by atoms with Gasteiger partial charge >= 0.3 is 0 Å². The van der Waals surface area contributed by atoms with Gasteiger partial charge in [-0.1, -0.05) is 19.9 Å². The minimum Gasteiger partial charge on any atom is -0.344 e. The second kappa shape index (κ2) is 7.18. The molecule has 1 heterocycles. The lowest BCUT2D eigenvalue weighted by Gasteiger charge is -2.20. The van der Waals surface area contributed by atoms with Crippen molar-refractivity contribution in [3.63, 3.8) is 0 Å². The van der Waals surface area contributed by atoms with Crippen LogP contribution in [0.25, 0.3) is 0 Å². The molecule has 0 fully saturated rings. The second-order valence-corrected chi connectivity index (χ2v) is 5.57. The first-order valence-corrected chi connectivity index (χ1v) is 7.21. The molecule has 0 aliphatic rings. The molecule has 21 heavy (non-hydrogen) atoms. The van der Waals surface area contributed by atoms with Crippen molar-refractivity contribution in [2.75, 3.05) is 18.5 Å². The fraction of sp³-hybridized carbons (Fsp3) is 0.353. The largest absolute Gasteiger partial charge is 0.344 e. The molecule has 0 saturated heterocycles. The number of pyridine rings is 1. The van der Waals surface area contributed by atoms with Crippen LogP contribution in [-0.4, -0.2) is 18.6 Å². The van der Waals surface area contributed by atoms with E-state index in [9.17, 15) is 4.39 Å². The van der Waals surface area contributed by atoms with Gasteiger partial charge in [-0.05, 0) is 42.8 Å². The van der Waals surface area contributed by atoms with Gasteiger partial charge in [-0.3, -0.25) is 4.98 Å². The Morgan fingerprint density at radius 2 is 1.95 bits per heavy atom. The Kier molecular flexibility index (Phi) is 5.28. The van der Waals surface area contributed by atoms with E-state index in [1.54, 1.807) is 12.3 Å². The van der Waals surface area contributed by atoms with Gasteiger partial charge in [0, 0.05) is 31.2 Å². The summed E-state index contributed by atoms with van der Waals surface area (Å²) < 4.78 is 13.3. The fourth-order valence-electron chi connectivity index (χ4n) is 2.09. The van der Waals surface area contributed by atoms with E-state index in [1.165, 1.54) is 12.1 Å². The molecule has 1 aromatic carbocycles. The summed E-state index contributed by atoms with van der Waals surface area (Å²) in [4.78, 5) is 6.32. The molecule has 112 valence electrons. The van der Waals surface area contributed by atoms with Crippen molar-refractivity contribution in [3.05, 3.63) is 54.1 Å². The zero-order chi connectivity index (χ0) is 15.2. The Bertz CT molecular complexity index is 584. The Hall–Kier alpha value is -1.94. The van der Waals surface area contributed by atoms with E-state index in [0.717, 1.165) is 30.2 Å². The molecular formula is C17H22FN3. The van der Waals surface area contributed by atoms with Crippen LogP contribution in [0.2, 0.25) is 0 Å². The van der Waals surface area contributed by atoms with Gasteiger partial charge in [0.05, 0.1) is 5.69 Å². The maximum atomic E-state index is 13.3. The van der Waals surface area contributed by atoms with E-state index in [0.29, 0.717) is 5.92 Å². The molecule has 0 amide bonds. The molecule has 0 bridgehead atoms. The predicted molar refractivity (Wildman–Crippen MR) is 85.2 cm³/mol. The summed E-state index contributed by atoms with van der Waals surface area (Å²) in [5, 5.41) is 3.38. The lowest BCUT2D eigenvalue weighted by Crippen LogP contribution is -2.20. The molecule has 0 unspecified atom stereocenters. The lowest BCUT2D eigenvalue weighted by atomic mass is 10.2. The summed E-state index contributed by atoms with van der Waals surface area (Å²) in [6.07, 6.45) is 1.79. The van der Waals surface area contributed by atoms with Gasteiger partial charge in [-0.2, -0.15) is 0 Å². The third-order valence-corrected chi connectivity index (χ3v) is 3.24. The van der Waals surface area contributed by atoms with Crippen LogP contribution < -0.4 is 10.2 Å². The first kappa shape index (κ1) is 15.4. The number of nitrogens with one attached hydrogen (secondary N) is 1. The Balaban J connectivity index is 2.09. The van der Waals surface area contributed by atoms with E-state index >= 15 is 0 Å². The smallest absolute Gasteiger partial charge is 0.125 e. The highest BCUT2D eigenvalue weighted by molar-refractivity contribution is 5.62. The van der Waals surface area contributed by atoms with Gasteiger partial charge in [-0.25, -0.2) is 4.39 Å². The molecule has 2 rings (SSSR count). The molecule has 0 saturated carbocycles. The zero-order valence-corrected chi connectivity index (χ0v) is 12.8. The summed E-state index contributed by atoms with van der Waals surface area (Å²) in [7, 11) is 1.93. The van der Waals surface area contributed by atoms with Gasteiger partial charge < -0.3 is 10.2 Å². The average molecular weight is 287 g/mol. The first-order chi connectivity index (χ1) is 10.1. The van der Waals surface area contributed by atoms with Crippen LogP contribution >= 0.6 is 0 Å². The maximum Gasteiger partial charge on any atom is 0.125 e. The predicted octanol–water partition coefficient (Wildman–Crippen LogP) is 3.73. The minimum atomic E-state index is -0.229. The van der Waals surface area contributed by atoms with Crippen molar-refractivity contribution < 1.29 is 4.39 Å². The van der Waals surface area contributed by atoms with E-state index in [-0.39, 0.29) is 5.82 Å². The molecule has 1 N–H and O–H groups in total. The summed E-state index contributed by atoms with van der Waals surface area (Å²) in [6.45, 7) is 6.05. The molecule has 0 atom stereocenters. The van der Waals surface area contributed by atoms with E-state index in [4.69, 9.17) is 0 Å². The minimum absolute atomic E-state index is 0.229. The lowest BCUT2D eigenvalue weighted by molar-refractivity contribution is 0.548. The fourth-order valence-corrected chi connectivity index (χ4v) is 2.09. The maximum absolute atomic E-state index is 13.3. The number of benzene rings is 1. The number of hydrogen-bond donors (Lipinski definition) is 1. The normalized spacial score (nSPS) is 10.9. The number of halogens is 1. The summed E-state index contributed by atoms with van der Waals surface area (Å²) >= 11 is 0. The van der Waals surface area contributed by atoms with E-state index in [2.05, 4.69) is 24.1 Å². The van der Waals surface area contributed by atoms with Crippen molar-refractivity contribution in [1.82, 2.24) is 10.3 Å². The zero-order valence-electron chi connectivity index (χ0n) is 12.8. The molecular weight excluding hydrogens is 265 g/mol. The number of rotatable bonds is 6. The highest BCUT2D eigenvalue weighted by atomic mass is 19.1. The molecule has 0 spiro atoms. The Morgan fingerprint density at radius 3 is 2.67 bits per heavy atom. The third kappa shape index (κ3) is 4.53. The van der Waals surface area contributed by atoms with Gasteiger partial charge in [-0.15, -0.1) is 0 Å². The van der Waals surface area contributed by atoms with Crippen LogP contribution in [-0.2, 0) is 6.54 Å². The first-order valence-electron chi connectivity index (χ1n) is 7.21. The van der Waals surface area contributed by atoms with Gasteiger partial charge in [0.15, 0.2) is 0 Å². The summed E-state index contributed by atoms with van der Waals surface area (Å²) in [5.41, 5.74) is 2.80. The van der Waals surface area contributed by atoms with E-state index < -0.39 is 0 Å². The highest BCUT2D eigenvalue weighted by Gasteiger charge is 2.06. The van der Waals surface area contributed by atoms with Crippen LogP contribution in [0.5, 0.6) is 0 Å².